The van der Waals surface area contributed by atoms with Crippen LogP contribution in [-0.2, 0) is 11.2 Å². The van der Waals surface area contributed by atoms with Gasteiger partial charge in [-0.15, -0.1) is 5.10 Å². The maximum absolute atomic E-state index is 13.5. The van der Waals surface area contributed by atoms with Crippen molar-refractivity contribution in [3.05, 3.63) is 83.3 Å². The summed E-state index contributed by atoms with van der Waals surface area (Å²) in [6.07, 6.45) is 1.04. The Morgan fingerprint density at radius 2 is 1.89 bits per heavy atom. The number of ketones is 1. The molecule has 2 aromatic heterocycles. The summed E-state index contributed by atoms with van der Waals surface area (Å²) in [5.41, 5.74) is 1.88. The molecule has 8 nitrogen and oxygen atoms in total. The fraction of sp³-hybridized carbons (Fsp3) is 0.231. The van der Waals surface area contributed by atoms with Crippen molar-refractivity contribution in [2.75, 3.05) is 5.32 Å². The van der Waals surface area contributed by atoms with Gasteiger partial charge < -0.3 is 9.47 Å². The summed E-state index contributed by atoms with van der Waals surface area (Å²) in [7, 11) is 0. The van der Waals surface area contributed by atoms with Crippen LogP contribution in [0.15, 0.2) is 60.8 Å². The van der Waals surface area contributed by atoms with Crippen molar-refractivity contribution < 1.29 is 23.5 Å². The highest BCUT2D eigenvalue weighted by molar-refractivity contribution is 5.97. The molecular formula is C26H25FN4O4. The van der Waals surface area contributed by atoms with Gasteiger partial charge in [-0.2, -0.15) is 0 Å². The van der Waals surface area contributed by atoms with E-state index in [4.69, 9.17) is 9.47 Å². The largest absolute Gasteiger partial charge is 0.444 e. The van der Waals surface area contributed by atoms with E-state index in [0.29, 0.717) is 22.8 Å². The van der Waals surface area contributed by atoms with E-state index < -0.39 is 17.5 Å². The van der Waals surface area contributed by atoms with E-state index in [9.17, 15) is 14.0 Å². The Balaban J connectivity index is 1.48. The smallest absolute Gasteiger partial charge is 0.413 e. The van der Waals surface area contributed by atoms with Crippen LogP contribution in [0.1, 0.15) is 42.3 Å². The molecule has 2 heterocycles. The van der Waals surface area contributed by atoms with E-state index in [1.54, 1.807) is 57.3 Å². The van der Waals surface area contributed by atoms with Crippen LogP contribution in [0.3, 0.4) is 0 Å². The van der Waals surface area contributed by atoms with Gasteiger partial charge in [0, 0.05) is 18.1 Å². The van der Waals surface area contributed by atoms with Crippen molar-refractivity contribution in [2.24, 2.45) is 0 Å². The molecule has 0 fully saturated rings. The van der Waals surface area contributed by atoms with Crippen LogP contribution >= 0.6 is 0 Å². The van der Waals surface area contributed by atoms with Crippen LogP contribution in [0.2, 0.25) is 0 Å². The van der Waals surface area contributed by atoms with E-state index in [-0.39, 0.29) is 18.0 Å². The molecule has 0 unspecified atom stereocenters. The predicted octanol–water partition coefficient (Wildman–Crippen LogP) is 5.74. The van der Waals surface area contributed by atoms with E-state index >= 15 is 0 Å². The molecule has 0 radical (unpaired) electrons. The third kappa shape index (κ3) is 6.20. The summed E-state index contributed by atoms with van der Waals surface area (Å²) in [6, 6.07) is 14.4. The zero-order valence-corrected chi connectivity index (χ0v) is 19.8. The van der Waals surface area contributed by atoms with E-state index in [1.807, 2.05) is 13.0 Å². The number of imidazole rings is 1. The van der Waals surface area contributed by atoms with Gasteiger partial charge in [0.1, 0.15) is 17.2 Å². The Morgan fingerprint density at radius 3 is 2.63 bits per heavy atom. The molecule has 0 saturated heterocycles. The number of amides is 1. The van der Waals surface area contributed by atoms with Gasteiger partial charge in [0.05, 0.1) is 6.20 Å². The standard InChI is InChI=1S/C26H25FN4O4/c1-16-8-9-20(13-18(16)14-21(32)17-6-5-7-19(27)12-17)34-24-11-10-23-28-22(15-31(23)30-24)29-25(33)35-26(2,3)4/h5-13,15H,14H2,1-4H3,(H,29,33). The SMILES string of the molecule is Cc1ccc(Oc2ccc3nc(NC(=O)OC(C)(C)C)cn3n2)cc1CC(=O)c1cccc(F)c1. The van der Waals surface area contributed by atoms with Gasteiger partial charge in [-0.1, -0.05) is 18.2 Å². The fourth-order valence-corrected chi connectivity index (χ4v) is 3.35. The molecule has 1 amide bonds. The monoisotopic (exact) mass is 476 g/mol. The Labute approximate surface area is 201 Å². The summed E-state index contributed by atoms with van der Waals surface area (Å²) < 4.78 is 26.1. The minimum atomic E-state index is -0.628. The molecule has 4 aromatic rings. The van der Waals surface area contributed by atoms with Crippen LogP contribution in [-0.4, -0.2) is 32.1 Å². The van der Waals surface area contributed by atoms with Crippen LogP contribution in [0, 0.1) is 12.7 Å². The van der Waals surface area contributed by atoms with E-state index in [0.717, 1.165) is 11.1 Å². The third-order valence-electron chi connectivity index (χ3n) is 4.97. The van der Waals surface area contributed by atoms with Crippen molar-refractivity contribution in [1.29, 1.82) is 0 Å². The summed E-state index contributed by atoms with van der Waals surface area (Å²) >= 11 is 0. The number of carbonyl (C=O) groups excluding carboxylic acids is 2. The maximum Gasteiger partial charge on any atom is 0.413 e. The minimum absolute atomic E-state index is 0.111. The molecule has 0 aliphatic heterocycles. The Bertz CT molecular complexity index is 1410. The number of nitrogens with zero attached hydrogens (tertiary/aromatic N) is 3. The number of ether oxygens (including phenoxy) is 2. The number of hydrogen-bond donors (Lipinski definition) is 1. The third-order valence-corrected chi connectivity index (χ3v) is 4.97. The first-order valence-corrected chi connectivity index (χ1v) is 11.0. The number of rotatable bonds is 6. The second kappa shape index (κ2) is 9.54. The molecular weight excluding hydrogens is 451 g/mol. The van der Waals surface area contributed by atoms with Gasteiger partial charge in [0.2, 0.25) is 5.88 Å². The Kier molecular flexibility index (Phi) is 6.50. The first-order valence-electron chi connectivity index (χ1n) is 11.0. The molecule has 180 valence electrons. The van der Waals surface area contributed by atoms with E-state index in [1.165, 1.54) is 22.7 Å². The first-order chi connectivity index (χ1) is 16.6. The number of anilines is 1. The maximum atomic E-state index is 13.5. The predicted molar refractivity (Wildman–Crippen MR) is 129 cm³/mol. The van der Waals surface area contributed by atoms with Crippen molar-refractivity contribution >= 4 is 23.3 Å². The number of halogens is 1. The van der Waals surface area contributed by atoms with Crippen molar-refractivity contribution in [3.63, 3.8) is 0 Å². The number of benzene rings is 2. The lowest BCUT2D eigenvalue weighted by Gasteiger charge is -2.18. The number of nitrogens with one attached hydrogen (secondary N) is 1. The summed E-state index contributed by atoms with van der Waals surface area (Å²) in [6.45, 7) is 7.22. The summed E-state index contributed by atoms with van der Waals surface area (Å²) in [5, 5.41) is 6.95. The topological polar surface area (TPSA) is 94.8 Å². The van der Waals surface area contributed by atoms with Crippen molar-refractivity contribution in [2.45, 2.75) is 39.7 Å². The molecule has 9 heteroatoms. The molecule has 0 aliphatic rings. The zero-order chi connectivity index (χ0) is 25.2. The molecule has 35 heavy (non-hydrogen) atoms. The zero-order valence-electron chi connectivity index (χ0n) is 19.8. The number of fused-ring (bicyclic) bond motifs is 1. The molecule has 2 aromatic carbocycles. The molecule has 0 saturated carbocycles. The molecule has 0 atom stereocenters. The molecule has 0 bridgehead atoms. The van der Waals surface area contributed by atoms with Crippen molar-refractivity contribution in [1.82, 2.24) is 14.6 Å². The lowest BCUT2D eigenvalue weighted by atomic mass is 9.99. The van der Waals surface area contributed by atoms with Crippen molar-refractivity contribution in [3.8, 4) is 11.6 Å². The minimum Gasteiger partial charge on any atom is -0.444 e. The first kappa shape index (κ1) is 23.9. The lowest BCUT2D eigenvalue weighted by molar-refractivity contribution is 0.0635. The van der Waals surface area contributed by atoms with Crippen LogP contribution in [0.5, 0.6) is 11.6 Å². The lowest BCUT2D eigenvalue weighted by Crippen LogP contribution is -2.27. The molecule has 0 aliphatic carbocycles. The number of carbonyl (C=O) groups is 2. The highest BCUT2D eigenvalue weighted by Crippen LogP contribution is 2.24. The fourth-order valence-electron chi connectivity index (χ4n) is 3.35. The second-order valence-corrected chi connectivity index (χ2v) is 9.03. The highest BCUT2D eigenvalue weighted by Gasteiger charge is 2.17. The van der Waals surface area contributed by atoms with Gasteiger partial charge in [-0.3, -0.25) is 10.1 Å². The highest BCUT2D eigenvalue weighted by atomic mass is 19.1. The number of aryl methyl sites for hydroxylation is 1. The van der Waals surface area contributed by atoms with Crippen LogP contribution < -0.4 is 10.1 Å². The number of aromatic nitrogens is 3. The van der Waals surface area contributed by atoms with E-state index in [2.05, 4.69) is 15.4 Å². The van der Waals surface area contributed by atoms with Gasteiger partial charge in [-0.25, -0.2) is 18.7 Å². The van der Waals surface area contributed by atoms with Gasteiger partial charge in [0.15, 0.2) is 17.2 Å². The Hall–Kier alpha value is -4.27. The van der Waals surface area contributed by atoms with Crippen LogP contribution in [0.4, 0.5) is 15.0 Å². The van der Waals surface area contributed by atoms with Gasteiger partial charge in [0.25, 0.3) is 0 Å². The van der Waals surface area contributed by atoms with Gasteiger partial charge in [-0.05, 0) is 69.2 Å². The average molecular weight is 477 g/mol. The average Bonchev–Trinajstić information content (AvgIpc) is 3.16. The Morgan fingerprint density at radius 1 is 1.09 bits per heavy atom. The summed E-state index contributed by atoms with van der Waals surface area (Å²) in [5.74, 6) is 0.446. The molecule has 1 N–H and O–H groups in total. The normalized spacial score (nSPS) is 11.3. The van der Waals surface area contributed by atoms with Gasteiger partial charge >= 0.3 is 6.09 Å². The summed E-state index contributed by atoms with van der Waals surface area (Å²) in [4.78, 5) is 28.9. The molecule has 0 spiro atoms. The quantitative estimate of drug-likeness (QED) is 0.357. The molecule has 4 rings (SSSR count). The second-order valence-electron chi connectivity index (χ2n) is 9.03. The number of hydrogen-bond acceptors (Lipinski definition) is 6. The number of Topliss-reactive ketones (excluding diaryl/α,β-unsaturated/α-hetero) is 1. The van der Waals surface area contributed by atoms with Crippen LogP contribution in [0.25, 0.3) is 5.65 Å².